The zero-order valence-electron chi connectivity index (χ0n) is 7.02. The van der Waals surface area contributed by atoms with Crippen LogP contribution in [0.25, 0.3) is 10.9 Å². The summed E-state index contributed by atoms with van der Waals surface area (Å²) in [7, 11) is 0. The highest BCUT2D eigenvalue weighted by atomic mass is 32.1. The van der Waals surface area contributed by atoms with Crippen LogP contribution in [0.1, 0.15) is 5.82 Å². The van der Waals surface area contributed by atoms with Gasteiger partial charge in [0.2, 0.25) is 0 Å². The molecular weight excluding hydrogens is 184 g/mol. The number of aryl methyl sites for hydroxylation is 1. The van der Waals surface area contributed by atoms with Gasteiger partial charge in [-0.2, -0.15) is 0 Å². The lowest BCUT2D eigenvalue weighted by molar-refractivity contribution is 1.09. The van der Waals surface area contributed by atoms with Crippen molar-refractivity contribution in [3.63, 3.8) is 0 Å². The van der Waals surface area contributed by atoms with Gasteiger partial charge in [0, 0.05) is 12.4 Å². The number of thiol groups is 1. The molecule has 0 aromatic carbocycles. The van der Waals surface area contributed by atoms with Crippen LogP contribution in [0, 0.1) is 6.92 Å². The first-order valence-electron chi connectivity index (χ1n) is 3.80. The molecule has 4 nitrogen and oxygen atoms in total. The van der Waals surface area contributed by atoms with E-state index in [1.165, 1.54) is 0 Å². The minimum Gasteiger partial charge on any atom is -0.316 e. The molecule has 0 bridgehead atoms. The van der Waals surface area contributed by atoms with E-state index >= 15 is 0 Å². The Hall–Kier alpha value is -1.36. The van der Waals surface area contributed by atoms with Gasteiger partial charge in [-0.15, -0.1) is 0 Å². The van der Waals surface area contributed by atoms with Crippen molar-refractivity contribution in [2.24, 2.45) is 0 Å². The van der Waals surface area contributed by atoms with Gasteiger partial charge in [-0.1, -0.05) is 12.8 Å². The SMILES string of the molecule is Cc1nc(NS)c2cnccc2n1. The molecule has 0 atom stereocenters. The van der Waals surface area contributed by atoms with E-state index in [0.717, 1.165) is 16.7 Å². The summed E-state index contributed by atoms with van der Waals surface area (Å²) in [6, 6.07) is 1.85. The molecule has 0 amide bonds. The maximum Gasteiger partial charge on any atom is 0.148 e. The summed E-state index contributed by atoms with van der Waals surface area (Å²) in [5.41, 5.74) is 0.874. The van der Waals surface area contributed by atoms with Crippen LogP contribution < -0.4 is 4.72 Å². The van der Waals surface area contributed by atoms with Crippen molar-refractivity contribution in [3.8, 4) is 0 Å². The molecule has 0 saturated carbocycles. The number of pyridine rings is 1. The summed E-state index contributed by atoms with van der Waals surface area (Å²) in [5, 5.41) is 0.878. The first-order valence-corrected chi connectivity index (χ1v) is 4.24. The van der Waals surface area contributed by atoms with Crippen LogP contribution in [0.2, 0.25) is 0 Å². The summed E-state index contributed by atoms with van der Waals surface area (Å²) in [6.07, 6.45) is 3.42. The first kappa shape index (κ1) is 8.25. The molecule has 0 fully saturated rings. The molecule has 0 aliphatic rings. The van der Waals surface area contributed by atoms with Crippen LogP contribution in [0.3, 0.4) is 0 Å². The van der Waals surface area contributed by atoms with Crippen LogP contribution in [0.4, 0.5) is 5.82 Å². The smallest absolute Gasteiger partial charge is 0.148 e. The molecule has 0 aliphatic heterocycles. The lowest BCUT2D eigenvalue weighted by atomic mass is 10.3. The van der Waals surface area contributed by atoms with Crippen molar-refractivity contribution in [3.05, 3.63) is 24.3 Å². The largest absolute Gasteiger partial charge is 0.316 e. The molecule has 2 rings (SSSR count). The standard InChI is InChI=1S/C8H8N4S/c1-5-10-7-2-3-9-4-6(7)8(11-5)12-13/h2-4,13H,1H3,(H,10,11,12). The van der Waals surface area contributed by atoms with E-state index in [4.69, 9.17) is 0 Å². The second-order valence-electron chi connectivity index (χ2n) is 2.62. The topological polar surface area (TPSA) is 50.7 Å². The summed E-state index contributed by atoms with van der Waals surface area (Å²) >= 11 is 3.97. The van der Waals surface area contributed by atoms with Crippen LogP contribution in [-0.2, 0) is 0 Å². The maximum absolute atomic E-state index is 4.26. The Balaban J connectivity index is 2.81. The fraction of sp³-hybridized carbons (Fsp3) is 0.125. The van der Waals surface area contributed by atoms with E-state index in [1.54, 1.807) is 12.4 Å². The Labute approximate surface area is 81.0 Å². The molecular formula is C8H8N4S. The molecule has 0 aliphatic carbocycles. The van der Waals surface area contributed by atoms with Crippen molar-refractivity contribution in [2.75, 3.05) is 4.72 Å². The number of nitrogens with one attached hydrogen (secondary N) is 1. The summed E-state index contributed by atoms with van der Waals surface area (Å²) in [4.78, 5) is 12.4. The highest BCUT2D eigenvalue weighted by molar-refractivity contribution is 7.81. The zero-order valence-corrected chi connectivity index (χ0v) is 7.92. The normalized spacial score (nSPS) is 10.3. The lowest BCUT2D eigenvalue weighted by Crippen LogP contribution is -1.95. The number of anilines is 1. The zero-order chi connectivity index (χ0) is 9.26. The van der Waals surface area contributed by atoms with Crippen LogP contribution in [0.15, 0.2) is 18.5 Å². The molecule has 0 spiro atoms. The fourth-order valence-corrected chi connectivity index (χ4v) is 1.34. The molecule has 0 unspecified atom stereocenters. The number of hydrogen-bond acceptors (Lipinski definition) is 5. The Morgan fingerprint density at radius 3 is 3.00 bits per heavy atom. The molecule has 0 saturated heterocycles. The fourth-order valence-electron chi connectivity index (χ4n) is 1.17. The molecule has 2 aromatic heterocycles. The first-order chi connectivity index (χ1) is 6.31. The van der Waals surface area contributed by atoms with Gasteiger partial charge in [-0.3, -0.25) is 4.98 Å². The van der Waals surface area contributed by atoms with Gasteiger partial charge < -0.3 is 4.72 Å². The highest BCUT2D eigenvalue weighted by Gasteiger charge is 2.02. The number of rotatable bonds is 1. The second-order valence-corrected chi connectivity index (χ2v) is 2.85. The van der Waals surface area contributed by atoms with E-state index in [-0.39, 0.29) is 0 Å². The summed E-state index contributed by atoms with van der Waals surface area (Å²) in [5.74, 6) is 1.41. The third kappa shape index (κ3) is 1.42. The molecule has 0 radical (unpaired) electrons. The second kappa shape index (κ2) is 3.18. The van der Waals surface area contributed by atoms with E-state index in [0.29, 0.717) is 5.82 Å². The van der Waals surface area contributed by atoms with Crippen molar-refractivity contribution < 1.29 is 0 Å². The number of hydrogen-bond donors (Lipinski definition) is 2. The number of aromatic nitrogens is 3. The van der Waals surface area contributed by atoms with E-state index in [2.05, 4.69) is 32.5 Å². The third-order valence-electron chi connectivity index (χ3n) is 1.71. The van der Waals surface area contributed by atoms with Crippen molar-refractivity contribution >= 4 is 29.5 Å². The number of fused-ring (bicyclic) bond motifs is 1. The highest BCUT2D eigenvalue weighted by Crippen LogP contribution is 2.18. The van der Waals surface area contributed by atoms with Crippen molar-refractivity contribution in [1.82, 2.24) is 15.0 Å². The average Bonchev–Trinajstić information content (AvgIpc) is 2.16. The molecule has 66 valence electrons. The predicted octanol–water partition coefficient (Wildman–Crippen LogP) is 1.59. The van der Waals surface area contributed by atoms with Gasteiger partial charge in [0.15, 0.2) is 0 Å². The van der Waals surface area contributed by atoms with Gasteiger partial charge in [-0.05, 0) is 13.0 Å². The molecule has 1 N–H and O–H groups in total. The molecule has 2 heterocycles. The van der Waals surface area contributed by atoms with Crippen LogP contribution >= 0.6 is 12.8 Å². The van der Waals surface area contributed by atoms with E-state index in [1.807, 2.05) is 13.0 Å². The van der Waals surface area contributed by atoms with Gasteiger partial charge >= 0.3 is 0 Å². The summed E-state index contributed by atoms with van der Waals surface area (Å²) in [6.45, 7) is 1.84. The van der Waals surface area contributed by atoms with Crippen LogP contribution in [-0.4, -0.2) is 15.0 Å². The van der Waals surface area contributed by atoms with Gasteiger partial charge in [0.1, 0.15) is 11.6 Å². The summed E-state index contributed by atoms with van der Waals surface area (Å²) < 4.78 is 2.71. The van der Waals surface area contributed by atoms with Crippen LogP contribution in [0.5, 0.6) is 0 Å². The Morgan fingerprint density at radius 1 is 1.38 bits per heavy atom. The van der Waals surface area contributed by atoms with Crippen molar-refractivity contribution in [2.45, 2.75) is 6.92 Å². The van der Waals surface area contributed by atoms with Gasteiger partial charge in [-0.25, -0.2) is 9.97 Å². The van der Waals surface area contributed by atoms with E-state index < -0.39 is 0 Å². The third-order valence-corrected chi connectivity index (χ3v) is 1.93. The van der Waals surface area contributed by atoms with E-state index in [9.17, 15) is 0 Å². The molecule has 5 heteroatoms. The predicted molar refractivity (Wildman–Crippen MR) is 54.7 cm³/mol. The van der Waals surface area contributed by atoms with Gasteiger partial charge in [0.25, 0.3) is 0 Å². The Kier molecular flexibility index (Phi) is 2.02. The van der Waals surface area contributed by atoms with Crippen molar-refractivity contribution in [1.29, 1.82) is 0 Å². The lowest BCUT2D eigenvalue weighted by Gasteiger charge is -2.03. The quantitative estimate of drug-likeness (QED) is 0.674. The monoisotopic (exact) mass is 192 g/mol. The maximum atomic E-state index is 4.26. The Bertz CT molecular complexity index is 443. The Morgan fingerprint density at radius 2 is 2.23 bits per heavy atom. The minimum absolute atomic E-state index is 0.693. The molecule has 13 heavy (non-hydrogen) atoms. The average molecular weight is 192 g/mol. The molecule has 2 aromatic rings. The minimum atomic E-state index is 0.693. The number of nitrogens with zero attached hydrogens (tertiary/aromatic N) is 3. The van der Waals surface area contributed by atoms with Gasteiger partial charge in [0.05, 0.1) is 10.9 Å².